The fourth-order valence-corrected chi connectivity index (χ4v) is 2.52. The first-order valence-electron chi connectivity index (χ1n) is 7.32. The van der Waals surface area contributed by atoms with E-state index in [0.717, 1.165) is 25.8 Å². The Morgan fingerprint density at radius 3 is 2.39 bits per heavy atom. The number of carbonyl (C=O) groups excluding carboxylic acids is 1. The van der Waals surface area contributed by atoms with Gasteiger partial charge in [0.05, 0.1) is 6.10 Å². The van der Waals surface area contributed by atoms with Crippen molar-refractivity contribution in [3.8, 4) is 0 Å². The Bertz CT molecular complexity index is 236. The monoisotopic (exact) mass is 256 g/mol. The minimum absolute atomic E-state index is 0.0522. The second kappa shape index (κ2) is 8.35. The lowest BCUT2D eigenvalue weighted by atomic mass is 10.1. The zero-order chi connectivity index (χ0) is 13.4. The van der Waals surface area contributed by atoms with E-state index in [1.165, 1.54) is 25.7 Å². The molecule has 1 aliphatic carbocycles. The predicted molar refractivity (Wildman–Crippen MR) is 73.5 cm³/mol. The Kier molecular flexibility index (Phi) is 7.09. The van der Waals surface area contributed by atoms with Crippen LogP contribution >= 0.6 is 0 Å². The molecule has 0 spiro atoms. The molecule has 2 N–H and O–H groups in total. The van der Waals surface area contributed by atoms with Crippen LogP contribution < -0.4 is 5.73 Å². The number of nitrogens with zero attached hydrogens (tertiary/aromatic N) is 1. The molecule has 1 rings (SSSR count). The minimum atomic E-state index is -0.162. The third kappa shape index (κ3) is 5.25. The third-order valence-corrected chi connectivity index (χ3v) is 3.44. The zero-order valence-electron chi connectivity index (χ0n) is 11.9. The summed E-state index contributed by atoms with van der Waals surface area (Å²) < 4.78 is 5.35. The highest BCUT2D eigenvalue weighted by molar-refractivity contribution is 5.68. The Balaban J connectivity index is 2.59. The van der Waals surface area contributed by atoms with Gasteiger partial charge in [0.1, 0.15) is 0 Å². The number of hydrogen-bond donors (Lipinski definition) is 1. The molecule has 1 aliphatic rings. The molecule has 0 aromatic heterocycles. The molecule has 0 bridgehead atoms. The summed E-state index contributed by atoms with van der Waals surface area (Å²) in [6.45, 7) is 5.14. The van der Waals surface area contributed by atoms with E-state index >= 15 is 0 Å². The van der Waals surface area contributed by atoms with Gasteiger partial charge in [-0.2, -0.15) is 0 Å². The first kappa shape index (κ1) is 15.3. The van der Waals surface area contributed by atoms with Crippen LogP contribution in [-0.4, -0.2) is 36.2 Å². The molecule has 1 fully saturated rings. The molecule has 1 amide bonds. The topological polar surface area (TPSA) is 55.6 Å². The summed E-state index contributed by atoms with van der Waals surface area (Å²) in [5.74, 6) is 0. The van der Waals surface area contributed by atoms with Crippen molar-refractivity contribution in [3.05, 3.63) is 0 Å². The van der Waals surface area contributed by atoms with Gasteiger partial charge in [-0.15, -0.1) is 0 Å². The summed E-state index contributed by atoms with van der Waals surface area (Å²) in [5.41, 5.74) is 5.56. The minimum Gasteiger partial charge on any atom is -0.447 e. The normalized spacial score (nSPS) is 17.6. The van der Waals surface area contributed by atoms with E-state index in [-0.39, 0.29) is 12.2 Å². The van der Waals surface area contributed by atoms with Crippen LogP contribution in [0.2, 0.25) is 0 Å². The largest absolute Gasteiger partial charge is 0.447 e. The quantitative estimate of drug-likeness (QED) is 0.769. The molecule has 0 aromatic rings. The first-order valence-corrected chi connectivity index (χ1v) is 7.32. The maximum atomic E-state index is 12.1. The van der Waals surface area contributed by atoms with Gasteiger partial charge < -0.3 is 15.4 Å². The van der Waals surface area contributed by atoms with Gasteiger partial charge in [0.25, 0.3) is 0 Å². The highest BCUT2D eigenvalue weighted by Crippen LogP contribution is 2.23. The van der Waals surface area contributed by atoms with E-state index < -0.39 is 0 Å². The van der Waals surface area contributed by atoms with Crippen molar-refractivity contribution in [3.63, 3.8) is 0 Å². The van der Waals surface area contributed by atoms with Crippen LogP contribution in [0, 0.1) is 0 Å². The Hall–Kier alpha value is -0.770. The SMILES string of the molecule is CC(C)OC(=O)N(CCCN)C1CCCCCC1. The van der Waals surface area contributed by atoms with Crippen molar-refractivity contribution in [2.24, 2.45) is 5.73 Å². The molecular formula is C14H28N2O2. The standard InChI is InChI=1S/C14H28N2O2/c1-12(2)18-14(17)16(11-7-10-15)13-8-5-3-4-6-9-13/h12-13H,3-11,15H2,1-2H3. The maximum absolute atomic E-state index is 12.1. The van der Waals surface area contributed by atoms with Gasteiger partial charge in [-0.25, -0.2) is 4.79 Å². The number of nitrogens with two attached hydrogens (primary N) is 1. The van der Waals surface area contributed by atoms with E-state index in [2.05, 4.69) is 0 Å². The summed E-state index contributed by atoms with van der Waals surface area (Å²) in [4.78, 5) is 14.0. The summed E-state index contributed by atoms with van der Waals surface area (Å²) in [5, 5.41) is 0. The van der Waals surface area contributed by atoms with Crippen LogP contribution in [0.3, 0.4) is 0 Å². The number of carbonyl (C=O) groups is 1. The lowest BCUT2D eigenvalue weighted by Gasteiger charge is -2.31. The van der Waals surface area contributed by atoms with Crippen LogP contribution in [0.5, 0.6) is 0 Å². The molecule has 0 aliphatic heterocycles. The van der Waals surface area contributed by atoms with Crippen LogP contribution in [-0.2, 0) is 4.74 Å². The molecule has 0 unspecified atom stereocenters. The first-order chi connectivity index (χ1) is 8.65. The van der Waals surface area contributed by atoms with Gasteiger partial charge in [0.2, 0.25) is 0 Å². The molecular weight excluding hydrogens is 228 g/mol. The van der Waals surface area contributed by atoms with E-state index in [1.807, 2.05) is 18.7 Å². The molecule has 18 heavy (non-hydrogen) atoms. The summed E-state index contributed by atoms with van der Waals surface area (Å²) in [6.07, 6.45) is 7.88. The number of rotatable bonds is 5. The highest BCUT2D eigenvalue weighted by atomic mass is 16.6. The summed E-state index contributed by atoms with van der Waals surface area (Å²) >= 11 is 0. The molecule has 0 aromatic carbocycles. The van der Waals surface area contributed by atoms with Gasteiger partial charge in [0, 0.05) is 12.6 Å². The Labute approximate surface area is 111 Å². The fourth-order valence-electron chi connectivity index (χ4n) is 2.52. The maximum Gasteiger partial charge on any atom is 0.410 e. The molecule has 4 nitrogen and oxygen atoms in total. The van der Waals surface area contributed by atoms with Gasteiger partial charge in [0.15, 0.2) is 0 Å². The van der Waals surface area contributed by atoms with Crippen LogP contribution in [0.25, 0.3) is 0 Å². The Morgan fingerprint density at radius 1 is 1.28 bits per heavy atom. The summed E-state index contributed by atoms with van der Waals surface area (Å²) in [6, 6.07) is 0.352. The van der Waals surface area contributed by atoms with Crippen LogP contribution in [0.15, 0.2) is 0 Å². The molecule has 106 valence electrons. The molecule has 0 radical (unpaired) electrons. The van der Waals surface area contributed by atoms with Gasteiger partial charge in [-0.3, -0.25) is 0 Å². The fraction of sp³-hybridized carbons (Fsp3) is 0.929. The van der Waals surface area contributed by atoms with Crippen LogP contribution in [0.1, 0.15) is 58.8 Å². The van der Waals surface area contributed by atoms with Crippen molar-refractivity contribution in [2.75, 3.05) is 13.1 Å². The second-order valence-corrected chi connectivity index (χ2v) is 5.41. The predicted octanol–water partition coefficient (Wildman–Crippen LogP) is 2.91. The van der Waals surface area contributed by atoms with Crippen molar-refractivity contribution in [1.82, 2.24) is 4.90 Å². The van der Waals surface area contributed by atoms with E-state index in [0.29, 0.717) is 12.6 Å². The average molecular weight is 256 g/mol. The van der Waals surface area contributed by atoms with Crippen molar-refractivity contribution in [1.29, 1.82) is 0 Å². The van der Waals surface area contributed by atoms with Crippen molar-refractivity contribution in [2.45, 2.75) is 70.9 Å². The average Bonchev–Trinajstić information content (AvgIpc) is 2.57. The number of amides is 1. The van der Waals surface area contributed by atoms with Crippen molar-refractivity contribution < 1.29 is 9.53 Å². The van der Waals surface area contributed by atoms with Crippen LogP contribution in [0.4, 0.5) is 4.79 Å². The molecule has 0 saturated heterocycles. The number of ether oxygens (including phenoxy) is 1. The van der Waals surface area contributed by atoms with Gasteiger partial charge in [-0.1, -0.05) is 25.7 Å². The lowest BCUT2D eigenvalue weighted by Crippen LogP contribution is -2.42. The molecule has 0 heterocycles. The molecule has 4 heteroatoms. The molecule has 0 atom stereocenters. The van der Waals surface area contributed by atoms with E-state index in [9.17, 15) is 4.79 Å². The van der Waals surface area contributed by atoms with Crippen molar-refractivity contribution >= 4 is 6.09 Å². The van der Waals surface area contributed by atoms with E-state index in [1.54, 1.807) is 0 Å². The smallest absolute Gasteiger partial charge is 0.410 e. The highest BCUT2D eigenvalue weighted by Gasteiger charge is 2.25. The lowest BCUT2D eigenvalue weighted by molar-refractivity contribution is 0.0601. The Morgan fingerprint density at radius 2 is 1.89 bits per heavy atom. The van der Waals surface area contributed by atoms with Gasteiger partial charge >= 0.3 is 6.09 Å². The molecule has 1 saturated carbocycles. The summed E-state index contributed by atoms with van der Waals surface area (Å²) in [7, 11) is 0. The van der Waals surface area contributed by atoms with E-state index in [4.69, 9.17) is 10.5 Å². The van der Waals surface area contributed by atoms with Gasteiger partial charge in [-0.05, 0) is 39.7 Å². The zero-order valence-corrected chi connectivity index (χ0v) is 11.9. The third-order valence-electron chi connectivity index (χ3n) is 3.44. The second-order valence-electron chi connectivity index (χ2n) is 5.41. The number of hydrogen-bond acceptors (Lipinski definition) is 3.